The first-order valence-corrected chi connectivity index (χ1v) is 5.74. The number of pyridine rings is 1. The third-order valence-electron chi connectivity index (χ3n) is 3.11. The van der Waals surface area contributed by atoms with Gasteiger partial charge in [-0.05, 0) is 24.5 Å². The molecule has 1 aromatic heterocycles. The molecule has 1 saturated carbocycles. The Balaban J connectivity index is 1.82. The Morgan fingerprint density at radius 1 is 1.40 bits per heavy atom. The van der Waals surface area contributed by atoms with E-state index in [2.05, 4.69) is 16.4 Å². The first kappa shape index (κ1) is 10.6. The van der Waals surface area contributed by atoms with Crippen LogP contribution < -0.4 is 11.1 Å². The van der Waals surface area contributed by atoms with Crippen LogP contribution in [0.25, 0.3) is 0 Å². The smallest absolute Gasteiger partial charge is 0.0312 e. The molecule has 0 spiro atoms. The highest BCUT2D eigenvalue weighted by Gasteiger charge is 2.20. The summed E-state index contributed by atoms with van der Waals surface area (Å²) in [7, 11) is 0. The van der Waals surface area contributed by atoms with Crippen molar-refractivity contribution in [3.8, 4) is 0 Å². The summed E-state index contributed by atoms with van der Waals surface area (Å²) in [6.45, 7) is 0.881. The van der Waals surface area contributed by atoms with Crippen molar-refractivity contribution >= 4 is 0 Å². The Morgan fingerprint density at radius 2 is 2.27 bits per heavy atom. The van der Waals surface area contributed by atoms with E-state index in [0.717, 1.165) is 13.0 Å². The van der Waals surface area contributed by atoms with Gasteiger partial charge in [0.05, 0.1) is 0 Å². The van der Waals surface area contributed by atoms with Crippen molar-refractivity contribution in [3.05, 3.63) is 30.1 Å². The quantitative estimate of drug-likeness (QED) is 0.785. The number of hydrogen-bond acceptors (Lipinski definition) is 3. The third kappa shape index (κ3) is 3.01. The third-order valence-corrected chi connectivity index (χ3v) is 3.11. The molecule has 1 heterocycles. The molecular weight excluding hydrogens is 186 g/mol. The first-order chi connectivity index (χ1) is 7.36. The van der Waals surface area contributed by atoms with Crippen LogP contribution in [0.15, 0.2) is 24.5 Å². The van der Waals surface area contributed by atoms with Crippen molar-refractivity contribution in [2.75, 3.05) is 0 Å². The van der Waals surface area contributed by atoms with Crippen LogP contribution in [0.5, 0.6) is 0 Å². The molecule has 0 aromatic carbocycles. The Kier molecular flexibility index (Phi) is 3.69. The molecule has 82 valence electrons. The molecule has 0 bridgehead atoms. The highest BCUT2D eigenvalue weighted by atomic mass is 15.0. The molecule has 15 heavy (non-hydrogen) atoms. The van der Waals surface area contributed by atoms with Gasteiger partial charge in [-0.25, -0.2) is 0 Å². The predicted octanol–water partition coefficient (Wildman–Crippen LogP) is 1.44. The van der Waals surface area contributed by atoms with Crippen LogP contribution in [0.3, 0.4) is 0 Å². The zero-order valence-corrected chi connectivity index (χ0v) is 9.02. The van der Waals surface area contributed by atoms with Gasteiger partial charge in [-0.2, -0.15) is 0 Å². The molecule has 3 N–H and O–H groups in total. The largest absolute Gasteiger partial charge is 0.326 e. The lowest BCUT2D eigenvalue weighted by Crippen LogP contribution is -2.46. The molecule has 3 nitrogen and oxygen atoms in total. The average molecular weight is 205 g/mol. The van der Waals surface area contributed by atoms with Crippen LogP contribution in [0, 0.1) is 0 Å². The number of nitrogens with one attached hydrogen (secondary N) is 1. The van der Waals surface area contributed by atoms with Gasteiger partial charge in [0.25, 0.3) is 0 Å². The van der Waals surface area contributed by atoms with Crippen molar-refractivity contribution in [3.63, 3.8) is 0 Å². The fourth-order valence-electron chi connectivity index (χ4n) is 2.16. The molecule has 0 amide bonds. The lowest BCUT2D eigenvalue weighted by molar-refractivity contribution is 0.326. The SMILES string of the molecule is N[C@H]1CCCC[C@@H]1NCc1cccnc1. The van der Waals surface area contributed by atoms with E-state index in [4.69, 9.17) is 5.73 Å². The molecule has 0 unspecified atom stereocenters. The fourth-order valence-corrected chi connectivity index (χ4v) is 2.16. The maximum absolute atomic E-state index is 6.07. The minimum Gasteiger partial charge on any atom is -0.326 e. The van der Waals surface area contributed by atoms with Gasteiger partial charge in [-0.3, -0.25) is 4.98 Å². The molecule has 1 aliphatic carbocycles. The van der Waals surface area contributed by atoms with Gasteiger partial charge in [-0.15, -0.1) is 0 Å². The maximum atomic E-state index is 6.07. The van der Waals surface area contributed by atoms with E-state index >= 15 is 0 Å². The van der Waals surface area contributed by atoms with Crippen molar-refractivity contribution < 1.29 is 0 Å². The molecule has 2 atom stereocenters. The van der Waals surface area contributed by atoms with E-state index in [0.29, 0.717) is 12.1 Å². The predicted molar refractivity (Wildman–Crippen MR) is 61.3 cm³/mol. The van der Waals surface area contributed by atoms with Crippen LogP contribution in [-0.2, 0) is 6.54 Å². The number of rotatable bonds is 3. The van der Waals surface area contributed by atoms with Crippen LogP contribution in [0.1, 0.15) is 31.2 Å². The van der Waals surface area contributed by atoms with E-state index < -0.39 is 0 Å². The number of hydrogen-bond donors (Lipinski definition) is 2. The molecule has 0 radical (unpaired) electrons. The standard InChI is InChI=1S/C12H19N3/c13-11-5-1-2-6-12(11)15-9-10-4-3-7-14-8-10/h3-4,7-8,11-12,15H,1-2,5-6,9,13H2/t11-,12-/m0/s1. The minimum atomic E-state index is 0.329. The van der Waals surface area contributed by atoms with Crippen LogP contribution in [0.2, 0.25) is 0 Å². The Hall–Kier alpha value is -0.930. The summed E-state index contributed by atoms with van der Waals surface area (Å²) in [5.41, 5.74) is 7.30. The normalized spacial score (nSPS) is 26.5. The van der Waals surface area contributed by atoms with Crippen molar-refractivity contribution in [2.24, 2.45) is 5.73 Å². The van der Waals surface area contributed by atoms with Gasteiger partial charge >= 0.3 is 0 Å². The molecule has 1 aromatic rings. The summed E-state index contributed by atoms with van der Waals surface area (Å²) >= 11 is 0. The lowest BCUT2D eigenvalue weighted by Gasteiger charge is -2.29. The van der Waals surface area contributed by atoms with E-state index in [1.54, 1.807) is 6.20 Å². The van der Waals surface area contributed by atoms with Crippen molar-refractivity contribution in [1.29, 1.82) is 0 Å². The molecule has 0 saturated heterocycles. The van der Waals surface area contributed by atoms with Crippen molar-refractivity contribution in [2.45, 2.75) is 44.3 Å². The van der Waals surface area contributed by atoms with Crippen LogP contribution in [0.4, 0.5) is 0 Å². The highest BCUT2D eigenvalue weighted by Crippen LogP contribution is 2.17. The maximum Gasteiger partial charge on any atom is 0.0312 e. The monoisotopic (exact) mass is 205 g/mol. The minimum absolute atomic E-state index is 0.329. The fraction of sp³-hybridized carbons (Fsp3) is 0.583. The van der Waals surface area contributed by atoms with E-state index in [1.807, 2.05) is 12.3 Å². The number of nitrogens with zero attached hydrogens (tertiary/aromatic N) is 1. The van der Waals surface area contributed by atoms with E-state index in [-0.39, 0.29) is 0 Å². The summed E-state index contributed by atoms with van der Waals surface area (Å²) in [6.07, 6.45) is 8.66. The zero-order valence-electron chi connectivity index (χ0n) is 9.02. The van der Waals surface area contributed by atoms with Gasteiger partial charge in [-0.1, -0.05) is 18.9 Å². The second kappa shape index (κ2) is 5.24. The van der Waals surface area contributed by atoms with E-state index in [9.17, 15) is 0 Å². The van der Waals surface area contributed by atoms with Gasteiger partial charge < -0.3 is 11.1 Å². The molecular formula is C12H19N3. The summed E-state index contributed by atoms with van der Waals surface area (Å²) in [4.78, 5) is 4.10. The summed E-state index contributed by atoms with van der Waals surface area (Å²) < 4.78 is 0. The molecule has 1 aliphatic rings. The van der Waals surface area contributed by atoms with E-state index in [1.165, 1.54) is 24.8 Å². The summed E-state index contributed by atoms with van der Waals surface area (Å²) in [5.74, 6) is 0. The molecule has 3 heteroatoms. The van der Waals surface area contributed by atoms with Gasteiger partial charge in [0.15, 0.2) is 0 Å². The zero-order chi connectivity index (χ0) is 10.5. The average Bonchev–Trinajstić information content (AvgIpc) is 2.29. The van der Waals surface area contributed by atoms with Crippen molar-refractivity contribution in [1.82, 2.24) is 10.3 Å². The molecule has 2 rings (SSSR count). The number of nitrogens with two attached hydrogens (primary N) is 1. The Bertz CT molecular complexity index is 286. The topological polar surface area (TPSA) is 50.9 Å². The Morgan fingerprint density at radius 3 is 3.00 bits per heavy atom. The number of aromatic nitrogens is 1. The lowest BCUT2D eigenvalue weighted by atomic mass is 9.91. The summed E-state index contributed by atoms with van der Waals surface area (Å²) in [5, 5.41) is 3.52. The molecule has 0 aliphatic heterocycles. The summed E-state index contributed by atoms with van der Waals surface area (Å²) in [6, 6.07) is 4.88. The first-order valence-electron chi connectivity index (χ1n) is 5.74. The van der Waals surface area contributed by atoms with Gasteiger partial charge in [0.1, 0.15) is 0 Å². The second-order valence-electron chi connectivity index (χ2n) is 4.30. The van der Waals surface area contributed by atoms with Gasteiger partial charge in [0, 0.05) is 31.0 Å². The second-order valence-corrected chi connectivity index (χ2v) is 4.30. The highest BCUT2D eigenvalue weighted by molar-refractivity contribution is 5.08. The molecule has 1 fully saturated rings. The van der Waals surface area contributed by atoms with Crippen LogP contribution in [-0.4, -0.2) is 17.1 Å². The van der Waals surface area contributed by atoms with Gasteiger partial charge in [0.2, 0.25) is 0 Å². The Labute approximate surface area is 91.1 Å². The van der Waals surface area contributed by atoms with Crippen LogP contribution >= 0.6 is 0 Å².